The molecule has 2 rings (SSSR count). The van der Waals surface area contributed by atoms with Gasteiger partial charge in [-0.2, -0.15) is 0 Å². The summed E-state index contributed by atoms with van der Waals surface area (Å²) in [6.45, 7) is 4.35. The van der Waals surface area contributed by atoms with Gasteiger partial charge < -0.3 is 5.11 Å². The Morgan fingerprint density at radius 2 is 1.88 bits per heavy atom. The zero-order valence-electron chi connectivity index (χ0n) is 9.50. The van der Waals surface area contributed by atoms with Crippen LogP contribution in [-0.4, -0.2) is 11.2 Å². The molecule has 1 N–H and O–H groups in total. The largest absolute Gasteiger partial charge is 0.392 e. The standard InChI is InChI=1S/C13H16Cl2O/c1-13(2)7-9(13)12(16)6-8-10(14)4-3-5-11(8)15/h3-5,9,12,16H,6-7H2,1-2H3. The highest BCUT2D eigenvalue weighted by molar-refractivity contribution is 6.35. The Morgan fingerprint density at radius 1 is 1.38 bits per heavy atom. The van der Waals surface area contributed by atoms with Crippen LogP contribution in [0.1, 0.15) is 25.8 Å². The van der Waals surface area contributed by atoms with Gasteiger partial charge in [-0.25, -0.2) is 0 Å². The molecule has 0 heterocycles. The normalized spacial score (nSPS) is 24.2. The molecule has 88 valence electrons. The summed E-state index contributed by atoms with van der Waals surface area (Å²) in [6, 6.07) is 5.45. The van der Waals surface area contributed by atoms with Crippen LogP contribution in [0.15, 0.2) is 18.2 Å². The fourth-order valence-corrected chi connectivity index (χ4v) is 2.80. The maximum absolute atomic E-state index is 10.1. The maximum Gasteiger partial charge on any atom is 0.0615 e. The molecule has 0 aliphatic heterocycles. The quantitative estimate of drug-likeness (QED) is 0.871. The first kappa shape index (κ1) is 12.2. The van der Waals surface area contributed by atoms with Crippen molar-refractivity contribution in [2.45, 2.75) is 32.8 Å². The zero-order chi connectivity index (χ0) is 11.9. The molecule has 16 heavy (non-hydrogen) atoms. The molecule has 0 spiro atoms. The maximum atomic E-state index is 10.1. The topological polar surface area (TPSA) is 20.2 Å². The van der Waals surface area contributed by atoms with Gasteiger partial charge in [0.1, 0.15) is 0 Å². The highest BCUT2D eigenvalue weighted by Gasteiger charge is 2.49. The van der Waals surface area contributed by atoms with Crippen LogP contribution in [0.25, 0.3) is 0 Å². The van der Waals surface area contributed by atoms with Crippen LogP contribution >= 0.6 is 23.2 Å². The fourth-order valence-electron chi connectivity index (χ4n) is 2.24. The Balaban J connectivity index is 2.10. The van der Waals surface area contributed by atoms with Crippen LogP contribution in [0.3, 0.4) is 0 Å². The number of halogens is 2. The Morgan fingerprint density at radius 3 is 2.31 bits per heavy atom. The second-order valence-corrected chi connectivity index (χ2v) is 6.09. The van der Waals surface area contributed by atoms with Crippen LogP contribution in [0, 0.1) is 11.3 Å². The van der Waals surface area contributed by atoms with Gasteiger partial charge in [-0.3, -0.25) is 0 Å². The van der Waals surface area contributed by atoms with Crippen molar-refractivity contribution in [2.24, 2.45) is 11.3 Å². The van der Waals surface area contributed by atoms with Crippen molar-refractivity contribution >= 4 is 23.2 Å². The van der Waals surface area contributed by atoms with Crippen LogP contribution in [0.5, 0.6) is 0 Å². The molecule has 1 aliphatic rings. The molecule has 2 unspecified atom stereocenters. The lowest BCUT2D eigenvalue weighted by Crippen LogP contribution is -2.16. The van der Waals surface area contributed by atoms with Gasteiger partial charge in [0.05, 0.1) is 6.10 Å². The molecule has 0 radical (unpaired) electrons. The zero-order valence-corrected chi connectivity index (χ0v) is 11.0. The molecule has 1 aromatic carbocycles. The van der Waals surface area contributed by atoms with E-state index in [0.29, 0.717) is 22.4 Å². The molecule has 1 nitrogen and oxygen atoms in total. The van der Waals surface area contributed by atoms with Crippen molar-refractivity contribution in [2.75, 3.05) is 0 Å². The summed E-state index contributed by atoms with van der Waals surface area (Å²) in [4.78, 5) is 0. The van der Waals surface area contributed by atoms with Crippen LogP contribution in [0.4, 0.5) is 0 Å². The Hall–Kier alpha value is -0.240. The SMILES string of the molecule is CC1(C)CC1C(O)Cc1c(Cl)cccc1Cl. The van der Waals surface area contributed by atoms with Crippen molar-refractivity contribution in [3.8, 4) is 0 Å². The third-order valence-corrected chi connectivity index (χ3v) is 4.24. The smallest absolute Gasteiger partial charge is 0.0615 e. The summed E-state index contributed by atoms with van der Waals surface area (Å²) < 4.78 is 0. The molecule has 1 saturated carbocycles. The molecule has 0 aromatic heterocycles. The van der Waals surface area contributed by atoms with Gasteiger partial charge in [0.15, 0.2) is 0 Å². The minimum absolute atomic E-state index is 0.271. The van der Waals surface area contributed by atoms with E-state index in [9.17, 15) is 5.11 Å². The number of hydrogen-bond donors (Lipinski definition) is 1. The first-order valence-corrected chi connectivity index (χ1v) is 6.28. The van der Waals surface area contributed by atoms with E-state index in [1.54, 1.807) is 0 Å². The number of aliphatic hydroxyl groups excluding tert-OH is 1. The minimum atomic E-state index is -0.340. The summed E-state index contributed by atoms with van der Waals surface area (Å²) in [6.07, 6.45) is 1.29. The third kappa shape index (κ3) is 2.37. The van der Waals surface area contributed by atoms with Gasteiger partial charge in [0.25, 0.3) is 0 Å². The molecular formula is C13H16Cl2O. The van der Waals surface area contributed by atoms with Gasteiger partial charge in [0.2, 0.25) is 0 Å². The molecular weight excluding hydrogens is 243 g/mol. The lowest BCUT2D eigenvalue weighted by molar-refractivity contribution is 0.137. The summed E-state index contributed by atoms with van der Waals surface area (Å²) in [5.74, 6) is 0.375. The van der Waals surface area contributed by atoms with E-state index in [1.807, 2.05) is 18.2 Å². The molecule has 1 aromatic rings. The van der Waals surface area contributed by atoms with E-state index in [-0.39, 0.29) is 11.5 Å². The van der Waals surface area contributed by atoms with Gasteiger partial charge in [-0.05, 0) is 35.4 Å². The average molecular weight is 259 g/mol. The Labute approximate surface area is 106 Å². The summed E-state index contributed by atoms with van der Waals surface area (Å²) >= 11 is 12.1. The second kappa shape index (κ2) is 4.21. The van der Waals surface area contributed by atoms with Gasteiger partial charge in [0, 0.05) is 16.5 Å². The number of hydrogen-bond acceptors (Lipinski definition) is 1. The van der Waals surface area contributed by atoms with E-state index in [4.69, 9.17) is 23.2 Å². The molecule has 3 heteroatoms. The van der Waals surface area contributed by atoms with E-state index >= 15 is 0 Å². The van der Waals surface area contributed by atoms with Gasteiger partial charge in [-0.15, -0.1) is 0 Å². The van der Waals surface area contributed by atoms with Crippen molar-refractivity contribution in [3.63, 3.8) is 0 Å². The predicted molar refractivity (Wildman–Crippen MR) is 68.1 cm³/mol. The highest BCUT2D eigenvalue weighted by Crippen LogP contribution is 2.54. The Bertz CT molecular complexity index is 381. The van der Waals surface area contributed by atoms with Crippen molar-refractivity contribution in [1.82, 2.24) is 0 Å². The molecule has 0 saturated heterocycles. The molecule has 1 fully saturated rings. The van der Waals surface area contributed by atoms with Crippen LogP contribution < -0.4 is 0 Å². The van der Waals surface area contributed by atoms with Crippen LogP contribution in [-0.2, 0) is 6.42 Å². The van der Waals surface area contributed by atoms with E-state index < -0.39 is 0 Å². The average Bonchev–Trinajstić information content (AvgIpc) is 2.82. The monoisotopic (exact) mass is 258 g/mol. The highest BCUT2D eigenvalue weighted by atomic mass is 35.5. The molecule has 0 bridgehead atoms. The third-order valence-electron chi connectivity index (χ3n) is 3.53. The second-order valence-electron chi connectivity index (χ2n) is 5.27. The molecule has 2 atom stereocenters. The summed E-state index contributed by atoms with van der Waals surface area (Å²) in [7, 11) is 0. The lowest BCUT2D eigenvalue weighted by atomic mass is 10.00. The molecule has 0 amide bonds. The van der Waals surface area contributed by atoms with Crippen molar-refractivity contribution < 1.29 is 5.11 Å². The van der Waals surface area contributed by atoms with E-state index in [1.165, 1.54) is 0 Å². The van der Waals surface area contributed by atoms with Gasteiger partial charge >= 0.3 is 0 Å². The lowest BCUT2D eigenvalue weighted by Gasteiger charge is -2.14. The van der Waals surface area contributed by atoms with E-state index in [0.717, 1.165) is 12.0 Å². The van der Waals surface area contributed by atoms with E-state index in [2.05, 4.69) is 13.8 Å². The van der Waals surface area contributed by atoms with Gasteiger partial charge in [-0.1, -0.05) is 43.1 Å². The number of benzene rings is 1. The minimum Gasteiger partial charge on any atom is -0.392 e. The van der Waals surface area contributed by atoms with Crippen molar-refractivity contribution in [1.29, 1.82) is 0 Å². The first-order chi connectivity index (χ1) is 7.42. The Kier molecular flexibility index (Phi) is 3.22. The predicted octanol–water partition coefficient (Wildman–Crippen LogP) is 3.94. The molecule has 1 aliphatic carbocycles. The van der Waals surface area contributed by atoms with Crippen LogP contribution in [0.2, 0.25) is 10.0 Å². The summed E-state index contributed by atoms with van der Waals surface area (Å²) in [5, 5.41) is 11.4. The number of rotatable bonds is 3. The summed E-state index contributed by atoms with van der Waals surface area (Å²) in [5.41, 5.74) is 1.13. The number of aliphatic hydroxyl groups is 1. The first-order valence-electron chi connectivity index (χ1n) is 5.53. The van der Waals surface area contributed by atoms with Crippen molar-refractivity contribution in [3.05, 3.63) is 33.8 Å². The fraction of sp³-hybridized carbons (Fsp3) is 0.538.